The molecule has 0 aromatic heterocycles. The molecule has 0 aliphatic carbocycles. The van der Waals surface area contributed by atoms with Gasteiger partial charge in [-0.25, -0.2) is 18.4 Å². The van der Waals surface area contributed by atoms with E-state index >= 15 is 0 Å². The van der Waals surface area contributed by atoms with Crippen LogP contribution in [0.3, 0.4) is 0 Å². The molecule has 9 nitrogen and oxygen atoms in total. The van der Waals surface area contributed by atoms with Crippen LogP contribution in [-0.2, 0) is 9.59 Å². The molecule has 0 aliphatic rings. The first-order valence-electron chi connectivity index (χ1n) is 11.7. The van der Waals surface area contributed by atoms with Gasteiger partial charge in [-0.3, -0.25) is 4.79 Å². The fourth-order valence-electron chi connectivity index (χ4n) is 4.07. The zero-order valence-corrected chi connectivity index (χ0v) is 21.5. The van der Waals surface area contributed by atoms with Gasteiger partial charge in [0.05, 0.1) is 11.3 Å². The van der Waals surface area contributed by atoms with E-state index in [2.05, 4.69) is 16.0 Å². The van der Waals surface area contributed by atoms with Crippen LogP contribution < -0.4 is 16.0 Å². The van der Waals surface area contributed by atoms with Gasteiger partial charge in [0.25, 0.3) is 5.91 Å². The van der Waals surface area contributed by atoms with Crippen LogP contribution in [0, 0.1) is 32.4 Å². The van der Waals surface area contributed by atoms with Crippen LogP contribution in [0.5, 0.6) is 0 Å². The lowest BCUT2D eigenvalue weighted by atomic mass is 10.0. The largest absolute Gasteiger partial charge is 0.480 e. The summed E-state index contributed by atoms with van der Waals surface area (Å²) in [6.07, 6.45) is 0.354. The number of aryl methyl sites for hydroxylation is 3. The number of anilines is 2. The number of urea groups is 1. The SMILES string of the molecule is Cc1cc(C)c(NC(=O)Nc2cc(-c3ccc(F)c(F)c3)ccc2C(=O)N[C@@H](CCC=O)C(=O)O)c(C)c1.O. The van der Waals surface area contributed by atoms with Gasteiger partial charge in [0.2, 0.25) is 0 Å². The average molecular weight is 542 g/mol. The molecule has 39 heavy (non-hydrogen) atoms. The second kappa shape index (κ2) is 13.2. The number of nitrogens with one attached hydrogen (secondary N) is 3. The minimum atomic E-state index is -1.34. The summed E-state index contributed by atoms with van der Waals surface area (Å²) < 4.78 is 27.3. The van der Waals surface area contributed by atoms with Gasteiger partial charge in [-0.1, -0.05) is 29.8 Å². The zero-order chi connectivity index (χ0) is 28.0. The number of hydrogen-bond donors (Lipinski definition) is 4. The topological polar surface area (TPSA) is 156 Å². The fraction of sp³-hybridized carbons (Fsp3) is 0.214. The number of carboxylic acids is 1. The Bertz CT molecular complexity index is 1390. The van der Waals surface area contributed by atoms with Crippen molar-refractivity contribution in [3.05, 3.63) is 82.4 Å². The number of aldehydes is 1. The van der Waals surface area contributed by atoms with Crippen LogP contribution >= 0.6 is 0 Å². The molecular formula is C28H29F2N3O6. The van der Waals surface area contributed by atoms with Crippen LogP contribution in [-0.4, -0.2) is 40.8 Å². The fourth-order valence-corrected chi connectivity index (χ4v) is 4.07. The van der Waals surface area contributed by atoms with Gasteiger partial charge in [-0.05, 0) is 73.7 Å². The number of hydrogen-bond acceptors (Lipinski definition) is 4. The molecule has 11 heteroatoms. The Labute approximate surface area is 223 Å². The van der Waals surface area contributed by atoms with Gasteiger partial charge in [-0.2, -0.15) is 0 Å². The molecule has 0 bridgehead atoms. The van der Waals surface area contributed by atoms with Crippen molar-refractivity contribution in [2.45, 2.75) is 39.7 Å². The predicted molar refractivity (Wildman–Crippen MR) is 143 cm³/mol. The van der Waals surface area contributed by atoms with Crippen molar-refractivity contribution < 1.29 is 38.5 Å². The second-order valence-electron chi connectivity index (χ2n) is 8.85. The number of halogens is 2. The standard InChI is InChI=1S/C28H27F2N3O5.H2O/c1-15-11-16(2)25(17(3)12-15)33-28(38)32-24-14-19(18-7-9-21(29)22(30)13-18)6-8-20(24)26(35)31-23(27(36)37)5-4-10-34;/h6-14,23H,4-5H2,1-3H3,(H,31,35)(H,36,37)(H2,32,33,38);1H2/t23-;/m0./s1. The van der Waals surface area contributed by atoms with Gasteiger partial charge >= 0.3 is 12.0 Å². The maximum Gasteiger partial charge on any atom is 0.326 e. The van der Waals surface area contributed by atoms with Crippen molar-refractivity contribution in [2.24, 2.45) is 0 Å². The number of aliphatic carboxylic acids is 1. The number of amides is 3. The third-order valence-corrected chi connectivity index (χ3v) is 5.86. The Kier molecular flexibility index (Phi) is 10.4. The number of carbonyl (C=O) groups is 4. The molecule has 3 amide bonds. The number of benzene rings is 3. The minimum Gasteiger partial charge on any atom is -0.480 e. The molecule has 3 aromatic carbocycles. The quantitative estimate of drug-likeness (QED) is 0.293. The predicted octanol–water partition coefficient (Wildman–Crippen LogP) is 4.54. The van der Waals surface area contributed by atoms with E-state index < -0.39 is 35.6 Å². The lowest BCUT2D eigenvalue weighted by Gasteiger charge is -2.18. The summed E-state index contributed by atoms with van der Waals surface area (Å²) in [7, 11) is 0. The van der Waals surface area contributed by atoms with E-state index in [0.29, 0.717) is 23.1 Å². The van der Waals surface area contributed by atoms with Crippen molar-refractivity contribution in [3.8, 4) is 11.1 Å². The normalized spacial score (nSPS) is 11.1. The smallest absolute Gasteiger partial charge is 0.326 e. The molecule has 206 valence electrons. The molecule has 0 aliphatic heterocycles. The van der Waals surface area contributed by atoms with E-state index in [0.717, 1.165) is 28.8 Å². The molecule has 0 unspecified atom stereocenters. The third-order valence-electron chi connectivity index (χ3n) is 5.86. The van der Waals surface area contributed by atoms with Crippen molar-refractivity contribution in [2.75, 3.05) is 10.6 Å². The molecule has 0 spiro atoms. The van der Waals surface area contributed by atoms with Gasteiger partial charge in [-0.15, -0.1) is 0 Å². The molecule has 0 radical (unpaired) electrons. The number of carbonyl (C=O) groups excluding carboxylic acids is 3. The van der Waals surface area contributed by atoms with Crippen LogP contribution in [0.4, 0.5) is 25.0 Å². The van der Waals surface area contributed by atoms with E-state index in [1.165, 1.54) is 24.3 Å². The molecule has 0 saturated heterocycles. The van der Waals surface area contributed by atoms with Crippen LogP contribution in [0.1, 0.15) is 39.9 Å². The molecule has 0 heterocycles. The van der Waals surface area contributed by atoms with Crippen LogP contribution in [0.2, 0.25) is 0 Å². The third kappa shape index (κ3) is 7.68. The van der Waals surface area contributed by atoms with Crippen LogP contribution in [0.15, 0.2) is 48.5 Å². The molecule has 3 aromatic rings. The van der Waals surface area contributed by atoms with Crippen molar-refractivity contribution in [1.29, 1.82) is 0 Å². The van der Waals surface area contributed by atoms with E-state index in [-0.39, 0.29) is 29.6 Å². The summed E-state index contributed by atoms with van der Waals surface area (Å²) in [6.45, 7) is 5.60. The van der Waals surface area contributed by atoms with E-state index in [4.69, 9.17) is 0 Å². The van der Waals surface area contributed by atoms with Gasteiger partial charge in [0, 0.05) is 12.1 Å². The van der Waals surface area contributed by atoms with E-state index in [9.17, 15) is 33.1 Å². The second-order valence-corrected chi connectivity index (χ2v) is 8.85. The first-order chi connectivity index (χ1) is 18.0. The number of carboxylic acid groups (broad SMARTS) is 1. The summed E-state index contributed by atoms with van der Waals surface area (Å²) in [4.78, 5) is 48.2. The lowest BCUT2D eigenvalue weighted by molar-refractivity contribution is -0.139. The molecule has 3 rings (SSSR count). The molecule has 6 N–H and O–H groups in total. The Morgan fingerprint density at radius 3 is 2.10 bits per heavy atom. The molecule has 1 atom stereocenters. The van der Waals surface area contributed by atoms with Gasteiger partial charge in [0.1, 0.15) is 12.3 Å². The highest BCUT2D eigenvalue weighted by Gasteiger charge is 2.23. The summed E-state index contributed by atoms with van der Waals surface area (Å²) in [5.74, 6) is -4.22. The highest BCUT2D eigenvalue weighted by molar-refractivity contribution is 6.08. The molecule has 0 fully saturated rings. The van der Waals surface area contributed by atoms with Crippen molar-refractivity contribution in [3.63, 3.8) is 0 Å². The van der Waals surface area contributed by atoms with Gasteiger partial charge < -0.3 is 31.3 Å². The molecular weight excluding hydrogens is 512 g/mol. The lowest BCUT2D eigenvalue weighted by Crippen LogP contribution is -2.41. The van der Waals surface area contributed by atoms with Crippen LogP contribution in [0.25, 0.3) is 11.1 Å². The van der Waals surface area contributed by atoms with E-state index in [1.807, 2.05) is 32.9 Å². The summed E-state index contributed by atoms with van der Waals surface area (Å²) in [5, 5.41) is 17.1. The Morgan fingerprint density at radius 2 is 1.51 bits per heavy atom. The van der Waals surface area contributed by atoms with Crippen molar-refractivity contribution in [1.82, 2.24) is 5.32 Å². The van der Waals surface area contributed by atoms with Gasteiger partial charge in [0.15, 0.2) is 11.6 Å². The summed E-state index contributed by atoms with van der Waals surface area (Å²) >= 11 is 0. The van der Waals surface area contributed by atoms with Crippen molar-refractivity contribution >= 4 is 35.6 Å². The highest BCUT2D eigenvalue weighted by atomic mass is 19.2. The average Bonchev–Trinajstić information content (AvgIpc) is 2.85. The Hall–Kier alpha value is -4.64. The molecule has 0 saturated carbocycles. The first kappa shape index (κ1) is 30.6. The monoisotopic (exact) mass is 541 g/mol. The Balaban J connectivity index is 0.00000533. The maximum absolute atomic E-state index is 13.9. The highest BCUT2D eigenvalue weighted by Crippen LogP contribution is 2.28. The van der Waals surface area contributed by atoms with E-state index in [1.54, 1.807) is 0 Å². The first-order valence-corrected chi connectivity index (χ1v) is 11.7. The Morgan fingerprint density at radius 1 is 0.897 bits per heavy atom. The maximum atomic E-state index is 13.9. The summed E-state index contributed by atoms with van der Waals surface area (Å²) in [5.41, 5.74) is 3.84. The zero-order valence-electron chi connectivity index (χ0n) is 21.5. The minimum absolute atomic E-state index is 0. The summed E-state index contributed by atoms with van der Waals surface area (Å²) in [6, 6.07) is 9.26. The number of rotatable bonds is 9.